The Morgan fingerprint density at radius 1 is 1.15 bits per heavy atom. The number of ether oxygens (including phenoxy) is 2. The highest BCUT2D eigenvalue weighted by Gasteiger charge is 2.16. The summed E-state index contributed by atoms with van der Waals surface area (Å²) in [4.78, 5) is 8.58. The molecule has 0 amide bonds. The van der Waals surface area contributed by atoms with Crippen molar-refractivity contribution in [3.63, 3.8) is 0 Å². The molecule has 180 valence electrons. The monoisotopic (exact) mass is 488 g/mol. The lowest BCUT2D eigenvalue weighted by molar-refractivity contribution is 0.194. The van der Waals surface area contributed by atoms with Gasteiger partial charge in [0.05, 0.1) is 24.7 Å². The molecule has 3 heterocycles. The van der Waals surface area contributed by atoms with Crippen LogP contribution in [-0.4, -0.2) is 33.1 Å². The van der Waals surface area contributed by atoms with Crippen LogP contribution in [0.1, 0.15) is 31.7 Å². The molecule has 0 radical (unpaired) electrons. The molecule has 2 atom stereocenters. The van der Waals surface area contributed by atoms with Gasteiger partial charge in [-0.1, -0.05) is 0 Å². The largest absolute Gasteiger partial charge is 0.493 e. The molecule has 4 bridgehead atoms. The number of hydrogen-bond donors (Lipinski definition) is 2. The van der Waals surface area contributed by atoms with E-state index in [0.717, 1.165) is 19.0 Å². The quantitative estimate of drug-likeness (QED) is 0.482. The van der Waals surface area contributed by atoms with Gasteiger partial charge in [-0.3, -0.25) is 4.78 Å². The zero-order valence-electron chi connectivity index (χ0n) is 18.9. The topological polar surface area (TPSA) is 97.2 Å². The molecule has 0 saturated heterocycles. The molecule has 3 aromatic rings. The van der Waals surface area contributed by atoms with Crippen molar-refractivity contribution in [3.8, 4) is 22.8 Å². The van der Waals surface area contributed by atoms with E-state index < -0.39 is 21.4 Å². The molecule has 0 saturated carbocycles. The molecule has 0 fully saturated rings. The fourth-order valence-corrected chi connectivity index (χ4v) is 4.55. The Morgan fingerprint density at radius 3 is 2.76 bits per heavy atom. The summed E-state index contributed by atoms with van der Waals surface area (Å²) in [5.74, 6) is 0.223. The van der Waals surface area contributed by atoms with E-state index in [1.54, 1.807) is 12.1 Å². The summed E-state index contributed by atoms with van der Waals surface area (Å²) in [6.45, 7) is 2.27. The van der Waals surface area contributed by atoms with Crippen LogP contribution < -0.4 is 14.8 Å². The lowest BCUT2D eigenvalue weighted by atomic mass is 10.0. The first-order valence-electron chi connectivity index (χ1n) is 10.9. The van der Waals surface area contributed by atoms with Crippen molar-refractivity contribution in [3.05, 3.63) is 59.8 Å². The van der Waals surface area contributed by atoms with E-state index in [9.17, 15) is 13.0 Å². The summed E-state index contributed by atoms with van der Waals surface area (Å²) in [6.07, 6.45) is 4.51. The molecule has 2 unspecified atom stereocenters. The first-order valence-corrected chi connectivity index (χ1v) is 13.0. The summed E-state index contributed by atoms with van der Waals surface area (Å²) in [5, 5.41) is 3.04. The third-order valence-electron chi connectivity index (χ3n) is 5.23. The minimum atomic E-state index is -2.80. The molecule has 1 aromatic carbocycles. The van der Waals surface area contributed by atoms with Gasteiger partial charge in [0.1, 0.15) is 29.0 Å². The van der Waals surface area contributed by atoms with Crippen molar-refractivity contribution in [2.45, 2.75) is 38.0 Å². The number of nitrogens with zero attached hydrogens (tertiary/aromatic N) is 2. The van der Waals surface area contributed by atoms with E-state index in [0.29, 0.717) is 41.7 Å². The third-order valence-corrected chi connectivity index (χ3v) is 6.12. The van der Waals surface area contributed by atoms with Gasteiger partial charge in [-0.25, -0.2) is 18.0 Å². The lowest BCUT2D eigenvalue weighted by Crippen LogP contribution is -2.14. The highest BCUT2D eigenvalue weighted by molar-refractivity contribution is 7.90. The summed E-state index contributed by atoms with van der Waals surface area (Å²) in [5.41, 5.74) is 1.24. The van der Waals surface area contributed by atoms with E-state index in [-0.39, 0.29) is 23.2 Å². The smallest absolute Gasteiger partial charge is 0.215 e. The Hall–Kier alpha value is -3.27. The van der Waals surface area contributed by atoms with Crippen LogP contribution in [-0.2, 0) is 15.5 Å². The number of fused-ring (bicyclic) bond motifs is 6. The molecule has 34 heavy (non-hydrogen) atoms. The molecule has 0 spiro atoms. The van der Waals surface area contributed by atoms with Gasteiger partial charge in [-0.05, 0) is 56.0 Å². The predicted molar refractivity (Wildman–Crippen MR) is 127 cm³/mol. The van der Waals surface area contributed by atoms with Gasteiger partial charge in [0, 0.05) is 39.2 Å². The van der Waals surface area contributed by atoms with Crippen molar-refractivity contribution in [1.82, 2.24) is 9.97 Å². The van der Waals surface area contributed by atoms with Crippen LogP contribution in [0.3, 0.4) is 0 Å². The third kappa shape index (κ3) is 6.19. The van der Waals surface area contributed by atoms with E-state index in [1.807, 2.05) is 6.92 Å². The van der Waals surface area contributed by atoms with Crippen molar-refractivity contribution in [2.75, 3.05) is 18.2 Å². The number of halogens is 2. The van der Waals surface area contributed by atoms with Gasteiger partial charge in [0.25, 0.3) is 0 Å². The Kier molecular flexibility index (Phi) is 6.97. The maximum absolute atomic E-state index is 14.8. The molecule has 0 aliphatic carbocycles. The molecular formula is C24H26F2N4O3S. The molecule has 1 aliphatic heterocycles. The highest BCUT2D eigenvalue weighted by atomic mass is 32.2. The van der Waals surface area contributed by atoms with Gasteiger partial charge in [0.2, 0.25) is 5.88 Å². The molecule has 7 nitrogen and oxygen atoms in total. The maximum atomic E-state index is 14.8. The lowest BCUT2D eigenvalue weighted by Gasteiger charge is -2.18. The minimum absolute atomic E-state index is 0.0350. The van der Waals surface area contributed by atoms with Gasteiger partial charge in [-0.15, -0.1) is 0 Å². The normalized spacial score (nSPS) is 17.9. The first-order chi connectivity index (χ1) is 16.2. The van der Waals surface area contributed by atoms with Crippen LogP contribution in [0.4, 0.5) is 20.4 Å². The van der Waals surface area contributed by atoms with Crippen LogP contribution in [0.25, 0.3) is 11.1 Å². The van der Waals surface area contributed by atoms with Crippen LogP contribution in [0.2, 0.25) is 0 Å². The standard InChI is InChI=1S/C24H26F2N4O3S/c1-15-5-3-4-8-32-21-11-17(25)6-7-18(21)19-12-22(28-13-20(19)26)29-23-9-16(14-34(2,27)31)10-24(30-23)33-15/h6-7,9-13,15,27H,3-5,8,14H2,1-2H3,(H,28,29,30). The first kappa shape index (κ1) is 23.9. The Bertz CT molecular complexity index is 1300. The van der Waals surface area contributed by atoms with Gasteiger partial charge in [-0.2, -0.15) is 4.98 Å². The molecular weight excluding hydrogens is 462 g/mol. The average molecular weight is 489 g/mol. The second-order valence-electron chi connectivity index (χ2n) is 8.44. The van der Waals surface area contributed by atoms with Crippen molar-refractivity contribution in [1.29, 1.82) is 4.78 Å². The predicted octanol–water partition coefficient (Wildman–Crippen LogP) is 5.67. The molecule has 1 aliphatic rings. The Labute approximate surface area is 197 Å². The SMILES string of the molecule is CC1CCCCOc2cc(F)ccc2-c2cc(ncc2F)Nc2cc(CS(C)(=N)=O)cc(n2)O1. The van der Waals surface area contributed by atoms with Crippen LogP contribution in [0.15, 0.2) is 42.6 Å². The molecule has 10 heteroatoms. The summed E-state index contributed by atoms with van der Waals surface area (Å²) >= 11 is 0. The number of aromatic nitrogens is 2. The Balaban J connectivity index is 1.79. The zero-order chi connectivity index (χ0) is 24.3. The number of pyridine rings is 2. The molecule has 2 N–H and O–H groups in total. The molecule has 2 aromatic heterocycles. The van der Waals surface area contributed by atoms with Crippen molar-refractivity contribution in [2.24, 2.45) is 0 Å². The second kappa shape index (κ2) is 9.92. The van der Waals surface area contributed by atoms with Gasteiger partial charge >= 0.3 is 0 Å². The van der Waals surface area contributed by atoms with E-state index in [1.165, 1.54) is 30.5 Å². The number of hydrogen-bond acceptors (Lipinski definition) is 7. The van der Waals surface area contributed by atoms with E-state index >= 15 is 0 Å². The number of nitrogens with one attached hydrogen (secondary N) is 2. The van der Waals surface area contributed by atoms with E-state index in [4.69, 9.17) is 14.3 Å². The van der Waals surface area contributed by atoms with Crippen LogP contribution in [0, 0.1) is 16.4 Å². The summed E-state index contributed by atoms with van der Waals surface area (Å²) in [7, 11) is -2.80. The average Bonchev–Trinajstić information content (AvgIpc) is 2.73. The summed E-state index contributed by atoms with van der Waals surface area (Å²) in [6, 6.07) is 8.82. The fourth-order valence-electron chi connectivity index (χ4n) is 3.75. The minimum Gasteiger partial charge on any atom is -0.493 e. The maximum Gasteiger partial charge on any atom is 0.215 e. The number of anilines is 2. The Morgan fingerprint density at radius 2 is 1.97 bits per heavy atom. The van der Waals surface area contributed by atoms with Crippen molar-refractivity contribution < 1.29 is 22.5 Å². The number of benzene rings is 1. The van der Waals surface area contributed by atoms with Gasteiger partial charge < -0.3 is 14.8 Å². The van der Waals surface area contributed by atoms with Crippen LogP contribution >= 0.6 is 0 Å². The fraction of sp³-hybridized carbons (Fsp3) is 0.333. The summed E-state index contributed by atoms with van der Waals surface area (Å²) < 4.78 is 60.4. The van der Waals surface area contributed by atoms with E-state index in [2.05, 4.69) is 15.3 Å². The van der Waals surface area contributed by atoms with Crippen LogP contribution in [0.5, 0.6) is 11.6 Å². The number of rotatable bonds is 2. The second-order valence-corrected chi connectivity index (χ2v) is 10.7. The van der Waals surface area contributed by atoms with Crippen molar-refractivity contribution >= 4 is 21.4 Å². The zero-order valence-corrected chi connectivity index (χ0v) is 19.8. The molecule has 4 rings (SSSR count). The van der Waals surface area contributed by atoms with Gasteiger partial charge in [0.15, 0.2) is 0 Å². The highest BCUT2D eigenvalue weighted by Crippen LogP contribution is 2.34.